The fourth-order valence-corrected chi connectivity index (χ4v) is 2.65. The van der Waals surface area contributed by atoms with E-state index in [1.165, 1.54) is 17.5 Å². The average Bonchev–Trinajstić information content (AvgIpc) is 2.46. The van der Waals surface area contributed by atoms with Gasteiger partial charge in [0.05, 0.1) is 6.04 Å². The second-order valence-electron chi connectivity index (χ2n) is 5.75. The van der Waals surface area contributed by atoms with Crippen LogP contribution < -0.4 is 10.1 Å². The molecule has 1 aliphatic heterocycles. The summed E-state index contributed by atoms with van der Waals surface area (Å²) in [4.78, 5) is 0. The first-order valence-corrected chi connectivity index (χ1v) is 7.35. The maximum absolute atomic E-state index is 6.00. The van der Waals surface area contributed by atoms with Gasteiger partial charge in [-0.1, -0.05) is 50.2 Å². The predicted molar refractivity (Wildman–Crippen MR) is 82.3 cm³/mol. The summed E-state index contributed by atoms with van der Waals surface area (Å²) in [6.07, 6.45) is 1.18. The lowest BCUT2D eigenvalue weighted by Gasteiger charge is -2.29. The van der Waals surface area contributed by atoms with Gasteiger partial charge >= 0.3 is 0 Å². The zero-order valence-electron chi connectivity index (χ0n) is 12.1. The van der Waals surface area contributed by atoms with E-state index in [9.17, 15) is 0 Å². The van der Waals surface area contributed by atoms with Crippen LogP contribution >= 0.6 is 0 Å². The summed E-state index contributed by atoms with van der Waals surface area (Å²) in [6, 6.07) is 16.8. The second-order valence-corrected chi connectivity index (χ2v) is 5.75. The fourth-order valence-electron chi connectivity index (χ4n) is 2.65. The third-order valence-corrected chi connectivity index (χ3v) is 3.75. The van der Waals surface area contributed by atoms with Crippen molar-refractivity contribution in [2.24, 2.45) is 5.92 Å². The summed E-state index contributed by atoms with van der Waals surface area (Å²) in [5.74, 6) is 2.65. The van der Waals surface area contributed by atoms with Crippen LogP contribution in [0.4, 0.5) is 0 Å². The summed E-state index contributed by atoms with van der Waals surface area (Å²) in [6.45, 7) is 5.53. The number of fused-ring (bicyclic) bond motifs is 2. The van der Waals surface area contributed by atoms with Gasteiger partial charge in [-0.2, -0.15) is 0 Å². The van der Waals surface area contributed by atoms with Gasteiger partial charge in [0.25, 0.3) is 0 Å². The molecule has 0 aromatic heterocycles. The van der Waals surface area contributed by atoms with Crippen molar-refractivity contribution in [1.29, 1.82) is 0 Å². The monoisotopic (exact) mass is 267 g/mol. The molecule has 0 fully saturated rings. The van der Waals surface area contributed by atoms with Crippen molar-refractivity contribution in [2.75, 3.05) is 6.54 Å². The van der Waals surface area contributed by atoms with Crippen LogP contribution in [0, 0.1) is 5.92 Å². The van der Waals surface area contributed by atoms with Gasteiger partial charge in [0.2, 0.25) is 0 Å². The normalized spacial score (nSPS) is 13.8. The van der Waals surface area contributed by atoms with Gasteiger partial charge in [-0.25, -0.2) is 0 Å². The van der Waals surface area contributed by atoms with Crippen LogP contribution in [-0.2, 0) is 0 Å². The average molecular weight is 267 g/mol. The zero-order valence-corrected chi connectivity index (χ0v) is 12.1. The molecular weight excluding hydrogens is 246 g/mol. The topological polar surface area (TPSA) is 21.3 Å². The molecule has 1 heterocycles. The van der Waals surface area contributed by atoms with E-state index in [2.05, 4.69) is 43.4 Å². The Morgan fingerprint density at radius 2 is 1.50 bits per heavy atom. The van der Waals surface area contributed by atoms with E-state index >= 15 is 0 Å². The molecule has 2 aromatic carbocycles. The molecule has 0 spiro atoms. The smallest absolute Gasteiger partial charge is 0.132 e. The van der Waals surface area contributed by atoms with E-state index in [0.29, 0.717) is 5.92 Å². The minimum Gasteiger partial charge on any atom is -0.457 e. The highest BCUT2D eigenvalue weighted by atomic mass is 16.5. The Morgan fingerprint density at radius 3 is 2.05 bits per heavy atom. The molecule has 0 radical (unpaired) electrons. The lowest BCUT2D eigenvalue weighted by atomic mass is 9.94. The first kappa shape index (κ1) is 13.2. The first-order valence-electron chi connectivity index (χ1n) is 7.35. The quantitative estimate of drug-likeness (QED) is 0.879. The van der Waals surface area contributed by atoms with E-state index in [1.807, 2.05) is 24.3 Å². The molecule has 0 atom stereocenters. The lowest BCUT2D eigenvalue weighted by Crippen LogP contribution is -2.27. The van der Waals surface area contributed by atoms with E-state index < -0.39 is 0 Å². The Kier molecular flexibility index (Phi) is 3.75. The second kappa shape index (κ2) is 5.68. The molecule has 3 rings (SSSR count). The van der Waals surface area contributed by atoms with Gasteiger partial charge in [-0.05, 0) is 31.0 Å². The molecule has 104 valence electrons. The van der Waals surface area contributed by atoms with Gasteiger partial charge < -0.3 is 10.1 Å². The Balaban J connectivity index is 1.91. The molecule has 2 aromatic rings. The van der Waals surface area contributed by atoms with Crippen molar-refractivity contribution in [3.8, 4) is 11.5 Å². The Hall–Kier alpha value is -1.80. The Bertz CT molecular complexity index is 546. The van der Waals surface area contributed by atoms with E-state index in [4.69, 9.17) is 4.74 Å². The van der Waals surface area contributed by atoms with Gasteiger partial charge in [-0.15, -0.1) is 0 Å². The standard InChI is InChI=1S/C18H21NO/c1-13(2)11-12-19-18-14-7-3-5-9-16(14)20-17-10-6-4-8-15(17)18/h3-10,13,18-19H,11-12H2,1-2H3. The third-order valence-electron chi connectivity index (χ3n) is 3.75. The van der Waals surface area contributed by atoms with Crippen LogP contribution in [0.2, 0.25) is 0 Å². The van der Waals surface area contributed by atoms with Crippen LogP contribution in [0.3, 0.4) is 0 Å². The summed E-state index contributed by atoms with van der Waals surface area (Å²) in [7, 11) is 0. The number of ether oxygens (including phenoxy) is 1. The largest absolute Gasteiger partial charge is 0.457 e. The molecule has 20 heavy (non-hydrogen) atoms. The van der Waals surface area contributed by atoms with E-state index in [1.54, 1.807) is 0 Å². The predicted octanol–water partition coefficient (Wildman–Crippen LogP) is 4.52. The molecule has 0 amide bonds. The highest BCUT2D eigenvalue weighted by Crippen LogP contribution is 2.42. The molecule has 0 bridgehead atoms. The highest BCUT2D eigenvalue weighted by Gasteiger charge is 2.25. The molecule has 0 saturated heterocycles. The molecule has 2 heteroatoms. The van der Waals surface area contributed by atoms with Crippen molar-refractivity contribution in [2.45, 2.75) is 26.3 Å². The molecule has 0 saturated carbocycles. The van der Waals surface area contributed by atoms with Crippen molar-refractivity contribution < 1.29 is 4.74 Å². The van der Waals surface area contributed by atoms with Crippen LogP contribution in [0.15, 0.2) is 48.5 Å². The van der Waals surface area contributed by atoms with Crippen molar-refractivity contribution in [3.63, 3.8) is 0 Å². The van der Waals surface area contributed by atoms with Crippen LogP contribution in [0.25, 0.3) is 0 Å². The number of benzene rings is 2. The maximum atomic E-state index is 6.00. The van der Waals surface area contributed by atoms with Crippen molar-refractivity contribution in [1.82, 2.24) is 5.32 Å². The minimum atomic E-state index is 0.231. The Morgan fingerprint density at radius 1 is 0.950 bits per heavy atom. The van der Waals surface area contributed by atoms with Crippen LogP contribution in [-0.4, -0.2) is 6.54 Å². The highest BCUT2D eigenvalue weighted by molar-refractivity contribution is 5.52. The number of hydrogen-bond donors (Lipinski definition) is 1. The number of nitrogens with one attached hydrogen (secondary N) is 1. The first-order chi connectivity index (χ1) is 9.75. The van der Waals surface area contributed by atoms with Gasteiger partial charge in [0.1, 0.15) is 11.5 Å². The maximum Gasteiger partial charge on any atom is 0.132 e. The van der Waals surface area contributed by atoms with Gasteiger partial charge in [0.15, 0.2) is 0 Å². The van der Waals surface area contributed by atoms with Gasteiger partial charge in [0, 0.05) is 11.1 Å². The van der Waals surface area contributed by atoms with Gasteiger partial charge in [-0.3, -0.25) is 0 Å². The molecule has 1 N–H and O–H groups in total. The number of hydrogen-bond acceptors (Lipinski definition) is 2. The van der Waals surface area contributed by atoms with Crippen molar-refractivity contribution in [3.05, 3.63) is 59.7 Å². The molecule has 0 aliphatic carbocycles. The lowest BCUT2D eigenvalue weighted by molar-refractivity contribution is 0.421. The molecule has 1 aliphatic rings. The Labute approximate surface area is 120 Å². The summed E-state index contributed by atoms with van der Waals surface area (Å²) in [5, 5.41) is 3.69. The molecule has 2 nitrogen and oxygen atoms in total. The van der Waals surface area contributed by atoms with Crippen molar-refractivity contribution >= 4 is 0 Å². The summed E-state index contributed by atoms with van der Waals surface area (Å²) < 4.78 is 6.00. The molecular formula is C18H21NO. The summed E-state index contributed by atoms with van der Waals surface area (Å²) in [5.41, 5.74) is 2.46. The fraction of sp³-hybridized carbons (Fsp3) is 0.333. The molecule has 0 unspecified atom stereocenters. The summed E-state index contributed by atoms with van der Waals surface area (Å²) >= 11 is 0. The van der Waals surface area contributed by atoms with E-state index in [0.717, 1.165) is 18.0 Å². The number of rotatable bonds is 4. The van der Waals surface area contributed by atoms with E-state index in [-0.39, 0.29) is 6.04 Å². The zero-order chi connectivity index (χ0) is 13.9. The van der Waals surface area contributed by atoms with Crippen LogP contribution in [0.1, 0.15) is 37.4 Å². The SMILES string of the molecule is CC(C)CCNC1c2ccccc2Oc2ccccc21. The minimum absolute atomic E-state index is 0.231. The third kappa shape index (κ3) is 2.56. The number of para-hydroxylation sites is 2. The van der Waals surface area contributed by atoms with Crippen LogP contribution in [0.5, 0.6) is 11.5 Å².